The minimum absolute atomic E-state index is 0.0393. The highest BCUT2D eigenvalue weighted by molar-refractivity contribution is 14.1. The molecule has 9 heteroatoms. The number of carbonyl (C=O) groups excluding carboxylic acids is 1. The normalized spacial score (nSPS) is 18.6. The van der Waals surface area contributed by atoms with Gasteiger partial charge < -0.3 is 24.8 Å². The molecule has 1 aliphatic heterocycles. The molecular formula is C30H33BrIN3O4. The van der Waals surface area contributed by atoms with Crippen molar-refractivity contribution in [2.45, 2.75) is 46.1 Å². The van der Waals surface area contributed by atoms with Crippen LogP contribution in [0, 0.1) is 20.3 Å². The van der Waals surface area contributed by atoms with Gasteiger partial charge in [0.2, 0.25) is 0 Å². The van der Waals surface area contributed by atoms with Crippen LogP contribution in [0.4, 0.5) is 0 Å². The molecule has 4 rings (SSSR count). The predicted octanol–water partition coefficient (Wildman–Crippen LogP) is 6.41. The third kappa shape index (κ3) is 6.28. The summed E-state index contributed by atoms with van der Waals surface area (Å²) in [6, 6.07) is 14.1. The molecule has 1 heterocycles. The van der Waals surface area contributed by atoms with Gasteiger partial charge in [0.25, 0.3) is 0 Å². The van der Waals surface area contributed by atoms with Gasteiger partial charge in [-0.3, -0.25) is 4.79 Å². The topological polar surface area (TPSA) is 97.8 Å². The van der Waals surface area contributed by atoms with Crippen LogP contribution in [0.3, 0.4) is 0 Å². The zero-order valence-electron chi connectivity index (χ0n) is 22.6. The number of ether oxygens (including phenoxy) is 3. The Bertz CT molecular complexity index is 1360. The summed E-state index contributed by atoms with van der Waals surface area (Å²) in [5.74, 6) is 1.02. The van der Waals surface area contributed by atoms with E-state index in [1.165, 1.54) is 0 Å². The number of nitrogens with two attached hydrogens (primary N) is 1. The van der Waals surface area contributed by atoms with Crippen LogP contribution in [-0.2, 0) is 16.1 Å². The average molecular weight is 706 g/mol. The second kappa shape index (κ2) is 12.3. The standard InChI is InChI=1S/C30H33BrIN3O4/c1-5-38-25-13-19(12-22(32)28(25)39-17-18-6-8-20(31)9-7-18)26-21(16-33)29(34)35(10-11-37-4)23-14-30(2,3)15-24(36)27(23)26/h6-9,12-13,26H,5,10-11,14-15,17,34H2,1-4H3/t26-/m0/s1. The molecule has 0 unspecified atom stereocenters. The second-order valence-electron chi connectivity index (χ2n) is 10.5. The zero-order chi connectivity index (χ0) is 28.3. The molecule has 2 N–H and O–H groups in total. The Balaban J connectivity index is 1.81. The Morgan fingerprint density at radius 1 is 1.21 bits per heavy atom. The van der Waals surface area contributed by atoms with Gasteiger partial charge in [0, 0.05) is 35.8 Å². The third-order valence-electron chi connectivity index (χ3n) is 6.97. The van der Waals surface area contributed by atoms with E-state index in [2.05, 4.69) is 58.4 Å². The summed E-state index contributed by atoms with van der Waals surface area (Å²) in [4.78, 5) is 15.6. The number of hydrogen-bond acceptors (Lipinski definition) is 7. The van der Waals surface area contributed by atoms with Gasteiger partial charge in [0.05, 0.1) is 34.3 Å². The molecule has 0 spiro atoms. The van der Waals surface area contributed by atoms with Crippen molar-refractivity contribution in [1.82, 2.24) is 4.90 Å². The van der Waals surface area contributed by atoms with Gasteiger partial charge in [-0.05, 0) is 76.7 Å². The summed E-state index contributed by atoms with van der Waals surface area (Å²) in [7, 11) is 1.63. The monoisotopic (exact) mass is 705 g/mol. The molecular weight excluding hydrogens is 673 g/mol. The summed E-state index contributed by atoms with van der Waals surface area (Å²) in [6.07, 6.45) is 1.08. The predicted molar refractivity (Wildman–Crippen MR) is 162 cm³/mol. The van der Waals surface area contributed by atoms with Crippen molar-refractivity contribution in [2.75, 3.05) is 26.9 Å². The van der Waals surface area contributed by atoms with Crippen LogP contribution in [-0.4, -0.2) is 37.6 Å². The highest BCUT2D eigenvalue weighted by Gasteiger charge is 2.44. The first-order valence-electron chi connectivity index (χ1n) is 12.9. The van der Waals surface area contributed by atoms with Gasteiger partial charge in [0.15, 0.2) is 17.3 Å². The Labute approximate surface area is 252 Å². The number of methoxy groups -OCH3 is 1. The molecule has 0 aromatic heterocycles. The zero-order valence-corrected chi connectivity index (χ0v) is 26.4. The molecule has 0 amide bonds. The lowest BCUT2D eigenvalue weighted by Gasteiger charge is -2.43. The Morgan fingerprint density at radius 3 is 2.56 bits per heavy atom. The number of benzene rings is 2. The molecule has 2 aromatic carbocycles. The number of Topliss-reactive ketones (excluding diaryl/α,β-unsaturated/α-hetero) is 1. The maximum atomic E-state index is 13.7. The van der Waals surface area contributed by atoms with Crippen molar-refractivity contribution >= 4 is 44.3 Å². The first-order valence-corrected chi connectivity index (χ1v) is 14.7. The fourth-order valence-corrected chi connectivity index (χ4v) is 6.29. The molecule has 1 aliphatic carbocycles. The third-order valence-corrected chi connectivity index (χ3v) is 8.30. The van der Waals surface area contributed by atoms with E-state index < -0.39 is 5.92 Å². The summed E-state index contributed by atoms with van der Waals surface area (Å²) in [5, 5.41) is 10.3. The number of carbonyl (C=O) groups is 1. The van der Waals surface area contributed by atoms with E-state index in [0.717, 1.165) is 24.9 Å². The number of ketones is 1. The molecule has 0 saturated heterocycles. The van der Waals surface area contributed by atoms with Crippen LogP contribution in [0.5, 0.6) is 11.5 Å². The molecule has 0 radical (unpaired) electrons. The van der Waals surface area contributed by atoms with Gasteiger partial charge in [0.1, 0.15) is 12.4 Å². The molecule has 1 atom stereocenters. The number of rotatable bonds is 9. The summed E-state index contributed by atoms with van der Waals surface area (Å²) >= 11 is 5.69. The van der Waals surface area contributed by atoms with Crippen molar-refractivity contribution in [3.8, 4) is 17.6 Å². The fraction of sp³-hybridized carbons (Fsp3) is 0.400. The minimum Gasteiger partial charge on any atom is -0.490 e. The summed E-state index contributed by atoms with van der Waals surface area (Å²) < 4.78 is 19.4. The van der Waals surface area contributed by atoms with Crippen LogP contribution in [0.2, 0.25) is 0 Å². The number of halogens is 2. The van der Waals surface area contributed by atoms with E-state index in [1.807, 2.05) is 48.2 Å². The van der Waals surface area contributed by atoms with Crippen LogP contribution < -0.4 is 15.2 Å². The molecule has 0 fully saturated rings. The molecule has 0 bridgehead atoms. The van der Waals surface area contributed by atoms with Gasteiger partial charge in [-0.2, -0.15) is 5.26 Å². The van der Waals surface area contributed by atoms with Crippen LogP contribution >= 0.6 is 38.5 Å². The molecule has 7 nitrogen and oxygen atoms in total. The maximum absolute atomic E-state index is 13.7. The molecule has 2 aliphatic rings. The minimum atomic E-state index is -0.583. The van der Waals surface area contributed by atoms with Crippen molar-refractivity contribution in [3.63, 3.8) is 0 Å². The number of nitriles is 1. The lowest BCUT2D eigenvalue weighted by Crippen LogP contribution is -2.43. The quantitative estimate of drug-likeness (QED) is 0.301. The second-order valence-corrected chi connectivity index (χ2v) is 12.5. The molecule has 0 saturated carbocycles. The van der Waals surface area contributed by atoms with E-state index in [4.69, 9.17) is 19.9 Å². The fourth-order valence-electron chi connectivity index (χ4n) is 5.24. The van der Waals surface area contributed by atoms with E-state index in [1.54, 1.807) is 7.11 Å². The lowest BCUT2D eigenvalue weighted by atomic mass is 9.68. The largest absolute Gasteiger partial charge is 0.490 e. The highest BCUT2D eigenvalue weighted by atomic mass is 127. The molecule has 206 valence electrons. The first kappa shape index (κ1) is 29.4. The Morgan fingerprint density at radius 2 is 1.92 bits per heavy atom. The number of hydrogen-bond donors (Lipinski definition) is 1. The van der Waals surface area contributed by atoms with Crippen molar-refractivity contribution in [1.29, 1.82) is 5.26 Å². The van der Waals surface area contributed by atoms with Crippen molar-refractivity contribution < 1.29 is 19.0 Å². The van der Waals surface area contributed by atoms with Crippen LogP contribution in [0.1, 0.15) is 50.7 Å². The van der Waals surface area contributed by atoms with Crippen LogP contribution in [0.25, 0.3) is 0 Å². The summed E-state index contributed by atoms with van der Waals surface area (Å²) in [5.41, 5.74) is 10.1. The van der Waals surface area contributed by atoms with E-state index in [9.17, 15) is 10.1 Å². The van der Waals surface area contributed by atoms with Crippen LogP contribution in [0.15, 0.2) is 63.5 Å². The first-order chi connectivity index (χ1) is 18.6. The Hall–Kier alpha value is -2.55. The van der Waals surface area contributed by atoms with E-state index in [-0.39, 0.29) is 11.2 Å². The van der Waals surface area contributed by atoms with Gasteiger partial charge in [-0.25, -0.2) is 0 Å². The number of nitrogens with zero attached hydrogens (tertiary/aromatic N) is 2. The number of allylic oxidation sites excluding steroid dienone is 3. The van der Waals surface area contributed by atoms with E-state index in [0.29, 0.717) is 67.7 Å². The molecule has 2 aromatic rings. The highest BCUT2D eigenvalue weighted by Crippen LogP contribution is 2.50. The maximum Gasteiger partial charge on any atom is 0.174 e. The Kier molecular flexibility index (Phi) is 9.29. The van der Waals surface area contributed by atoms with Gasteiger partial charge in [-0.1, -0.05) is 41.9 Å². The summed E-state index contributed by atoms with van der Waals surface area (Å²) in [6.45, 7) is 7.79. The molecule has 39 heavy (non-hydrogen) atoms. The SMILES string of the molecule is CCOc1cc([C@H]2C(C#N)=C(N)N(CCOC)C3=C2C(=O)CC(C)(C)C3)cc(I)c1OCc1ccc(Br)cc1. The van der Waals surface area contributed by atoms with E-state index >= 15 is 0 Å². The van der Waals surface area contributed by atoms with Crippen molar-refractivity contribution in [3.05, 3.63) is 78.2 Å². The smallest absolute Gasteiger partial charge is 0.174 e. The van der Waals surface area contributed by atoms with Crippen molar-refractivity contribution in [2.24, 2.45) is 11.1 Å². The van der Waals surface area contributed by atoms with Gasteiger partial charge >= 0.3 is 0 Å². The van der Waals surface area contributed by atoms with Gasteiger partial charge in [-0.15, -0.1) is 0 Å². The average Bonchev–Trinajstić information content (AvgIpc) is 2.87. The lowest BCUT2D eigenvalue weighted by molar-refractivity contribution is -0.118.